The molecule has 0 aliphatic heterocycles. The van der Waals surface area contributed by atoms with Crippen LogP contribution in [0.15, 0.2) is 23.1 Å². The van der Waals surface area contributed by atoms with E-state index in [0.717, 1.165) is 6.07 Å². The molecule has 1 heterocycles. The van der Waals surface area contributed by atoms with Gasteiger partial charge in [0.05, 0.1) is 0 Å². The first-order valence-corrected chi connectivity index (χ1v) is 3.81. The largest absolute Gasteiger partial charge is 0.423 e. The second kappa shape index (κ2) is 3.65. The van der Waals surface area contributed by atoms with Gasteiger partial charge in [-0.3, -0.25) is 4.79 Å². The number of pyridine rings is 1. The minimum Gasteiger partial charge on any atom is -0.329 e. The van der Waals surface area contributed by atoms with Crippen LogP contribution in [-0.4, -0.2) is 18.2 Å². The van der Waals surface area contributed by atoms with Crippen LogP contribution in [-0.2, 0) is 10.7 Å². The summed E-state index contributed by atoms with van der Waals surface area (Å²) in [5.74, 6) is -4.49. The molecule has 15 heavy (non-hydrogen) atoms. The van der Waals surface area contributed by atoms with Gasteiger partial charge < -0.3 is 9.72 Å². The van der Waals surface area contributed by atoms with Gasteiger partial charge in [-0.15, -0.1) is 0 Å². The number of hydrogen-bond donors (Lipinski definition) is 1. The van der Waals surface area contributed by atoms with E-state index < -0.39 is 23.2 Å². The van der Waals surface area contributed by atoms with Gasteiger partial charge in [0, 0.05) is 24.9 Å². The minimum absolute atomic E-state index is 0.472. The van der Waals surface area contributed by atoms with E-state index in [-0.39, 0.29) is 0 Å². The summed E-state index contributed by atoms with van der Waals surface area (Å²) < 4.78 is 54.9. The van der Waals surface area contributed by atoms with E-state index in [1.54, 1.807) is 0 Å². The monoisotopic (exact) mass is 225 g/mol. The molecule has 0 unspecified atom stereocenters. The van der Waals surface area contributed by atoms with Crippen molar-refractivity contribution in [1.29, 1.82) is 0 Å². The molecule has 0 saturated heterocycles. The zero-order valence-corrected chi connectivity index (χ0v) is 7.56. The third-order valence-electron chi connectivity index (χ3n) is 1.77. The quantitative estimate of drug-likeness (QED) is 0.795. The summed E-state index contributed by atoms with van der Waals surface area (Å²) in [6.07, 6.45) is -4.10. The lowest BCUT2D eigenvalue weighted by atomic mass is 10.1. The minimum atomic E-state index is -4.62. The van der Waals surface area contributed by atoms with Crippen LogP contribution in [0.1, 0.15) is 5.56 Å². The average Bonchev–Trinajstić information content (AvgIpc) is 2.18. The highest BCUT2D eigenvalue weighted by Crippen LogP contribution is 2.42. The molecule has 0 spiro atoms. The Hall–Kier alpha value is -1.37. The molecule has 1 N–H and O–H groups in total. The fourth-order valence-corrected chi connectivity index (χ4v) is 0.902. The van der Waals surface area contributed by atoms with Crippen LogP contribution < -0.4 is 5.56 Å². The van der Waals surface area contributed by atoms with Gasteiger partial charge in [-0.1, -0.05) is 0 Å². The van der Waals surface area contributed by atoms with Crippen LogP contribution in [0.2, 0.25) is 0 Å². The van der Waals surface area contributed by atoms with Crippen molar-refractivity contribution in [3.8, 4) is 0 Å². The predicted molar refractivity (Wildman–Crippen MR) is 42.9 cm³/mol. The van der Waals surface area contributed by atoms with Crippen molar-refractivity contribution < 1.29 is 22.3 Å². The number of aromatic amines is 1. The normalized spacial score (nSPS) is 12.9. The first-order valence-electron chi connectivity index (χ1n) is 3.81. The summed E-state index contributed by atoms with van der Waals surface area (Å²) in [5.41, 5.74) is -1.68. The Morgan fingerprint density at radius 3 is 2.27 bits per heavy atom. The van der Waals surface area contributed by atoms with Crippen LogP contribution >= 0.6 is 0 Å². The van der Waals surface area contributed by atoms with Gasteiger partial charge in [0.2, 0.25) is 5.56 Å². The summed E-state index contributed by atoms with van der Waals surface area (Å²) in [6, 6.07) is 1.35. The van der Waals surface area contributed by atoms with Crippen molar-refractivity contribution in [1.82, 2.24) is 4.98 Å². The van der Waals surface area contributed by atoms with Crippen LogP contribution in [0.25, 0.3) is 0 Å². The Bertz CT molecular complexity index is 381. The fourth-order valence-electron chi connectivity index (χ4n) is 0.902. The maximum Gasteiger partial charge on any atom is 0.423 e. The predicted octanol–water partition coefficient (Wildman–Crippen LogP) is 1.71. The molecular weight excluding hydrogens is 218 g/mol. The van der Waals surface area contributed by atoms with Crippen molar-refractivity contribution in [2.45, 2.75) is 12.0 Å². The summed E-state index contributed by atoms with van der Waals surface area (Å²) in [6.45, 7) is 0. The summed E-state index contributed by atoms with van der Waals surface area (Å²) in [4.78, 5) is 12.4. The SMILES string of the molecule is COC(F)(F)C(F)(F)c1ccc(=O)[nH]c1. The Kier molecular flexibility index (Phi) is 2.85. The van der Waals surface area contributed by atoms with Crippen molar-refractivity contribution >= 4 is 0 Å². The standard InChI is InChI=1S/C8H7F4NO2/c1-15-8(11,12)7(9,10)5-2-3-6(14)13-4-5/h2-4H,1H3,(H,13,14). The molecule has 3 nitrogen and oxygen atoms in total. The van der Waals surface area contributed by atoms with E-state index in [1.165, 1.54) is 0 Å². The summed E-state index contributed by atoms with van der Waals surface area (Å²) in [5, 5.41) is 0. The first-order chi connectivity index (χ1) is 6.81. The highest BCUT2D eigenvalue weighted by Gasteiger charge is 2.58. The molecule has 1 rings (SSSR count). The zero-order chi connectivity index (χ0) is 11.7. The Morgan fingerprint density at radius 2 is 1.87 bits per heavy atom. The topological polar surface area (TPSA) is 42.1 Å². The van der Waals surface area contributed by atoms with Crippen molar-refractivity contribution in [3.05, 3.63) is 34.2 Å². The lowest BCUT2D eigenvalue weighted by Crippen LogP contribution is -2.39. The first kappa shape index (κ1) is 11.7. The number of H-pyrrole nitrogens is 1. The van der Waals surface area contributed by atoms with Crippen LogP contribution in [0.5, 0.6) is 0 Å². The lowest BCUT2D eigenvalue weighted by Gasteiger charge is -2.24. The molecule has 0 atom stereocenters. The van der Waals surface area contributed by atoms with Crippen molar-refractivity contribution in [2.75, 3.05) is 7.11 Å². The van der Waals surface area contributed by atoms with Gasteiger partial charge in [0.15, 0.2) is 0 Å². The molecule has 0 aromatic carbocycles. The number of nitrogens with one attached hydrogen (secondary N) is 1. The molecule has 1 aromatic heterocycles. The van der Waals surface area contributed by atoms with E-state index in [9.17, 15) is 22.4 Å². The van der Waals surface area contributed by atoms with Crippen LogP contribution in [0, 0.1) is 0 Å². The van der Waals surface area contributed by atoms with Crippen LogP contribution in [0.3, 0.4) is 0 Å². The van der Waals surface area contributed by atoms with Gasteiger partial charge in [0.1, 0.15) is 0 Å². The van der Waals surface area contributed by atoms with Gasteiger partial charge in [0.25, 0.3) is 0 Å². The van der Waals surface area contributed by atoms with Gasteiger partial charge >= 0.3 is 12.0 Å². The Balaban J connectivity index is 3.16. The van der Waals surface area contributed by atoms with E-state index in [4.69, 9.17) is 0 Å². The lowest BCUT2D eigenvalue weighted by molar-refractivity contribution is -0.344. The maximum absolute atomic E-state index is 13.1. The molecule has 0 amide bonds. The highest BCUT2D eigenvalue weighted by molar-refractivity contribution is 5.17. The fraction of sp³-hybridized carbons (Fsp3) is 0.375. The number of methoxy groups -OCH3 is 1. The molecule has 0 saturated carbocycles. The zero-order valence-electron chi connectivity index (χ0n) is 7.56. The second-order valence-electron chi connectivity index (χ2n) is 2.74. The molecule has 0 radical (unpaired) electrons. The van der Waals surface area contributed by atoms with Gasteiger partial charge in [-0.25, -0.2) is 0 Å². The second-order valence-corrected chi connectivity index (χ2v) is 2.74. The smallest absolute Gasteiger partial charge is 0.329 e. The van der Waals surface area contributed by atoms with Gasteiger partial charge in [-0.2, -0.15) is 17.6 Å². The molecule has 7 heteroatoms. The molecule has 1 aromatic rings. The summed E-state index contributed by atoms with van der Waals surface area (Å²) >= 11 is 0. The molecule has 0 aliphatic rings. The number of aromatic nitrogens is 1. The van der Waals surface area contributed by atoms with Gasteiger partial charge in [-0.05, 0) is 6.07 Å². The van der Waals surface area contributed by atoms with E-state index in [1.807, 2.05) is 4.98 Å². The molecular formula is C8H7F4NO2. The number of alkyl halides is 4. The van der Waals surface area contributed by atoms with Crippen molar-refractivity contribution in [3.63, 3.8) is 0 Å². The Labute approximate surface area is 81.7 Å². The third-order valence-corrected chi connectivity index (χ3v) is 1.77. The van der Waals surface area contributed by atoms with E-state index in [2.05, 4.69) is 4.74 Å². The Morgan fingerprint density at radius 1 is 1.27 bits per heavy atom. The summed E-state index contributed by atoms with van der Waals surface area (Å²) in [7, 11) is 0.472. The molecule has 0 fully saturated rings. The number of rotatable bonds is 3. The van der Waals surface area contributed by atoms with Crippen molar-refractivity contribution in [2.24, 2.45) is 0 Å². The highest BCUT2D eigenvalue weighted by atomic mass is 19.3. The number of halogens is 4. The number of hydrogen-bond acceptors (Lipinski definition) is 2. The maximum atomic E-state index is 13.1. The molecule has 0 aliphatic carbocycles. The third kappa shape index (κ3) is 2.01. The van der Waals surface area contributed by atoms with E-state index >= 15 is 0 Å². The molecule has 0 bridgehead atoms. The number of ether oxygens (including phenoxy) is 1. The van der Waals surface area contributed by atoms with E-state index in [0.29, 0.717) is 19.4 Å². The molecule has 84 valence electrons. The van der Waals surface area contributed by atoms with Crippen LogP contribution in [0.4, 0.5) is 17.6 Å². The average molecular weight is 225 g/mol.